The Morgan fingerprint density at radius 1 is 1.47 bits per heavy atom. The minimum Gasteiger partial charge on any atom is -0.480 e. The van der Waals surface area contributed by atoms with Crippen LogP contribution in [0.3, 0.4) is 0 Å². The highest BCUT2D eigenvalue weighted by Gasteiger charge is 2.26. The Kier molecular flexibility index (Phi) is 4.80. The molecule has 0 spiro atoms. The van der Waals surface area contributed by atoms with Gasteiger partial charge in [-0.05, 0) is 12.0 Å². The van der Waals surface area contributed by atoms with Gasteiger partial charge in [0.1, 0.15) is 11.7 Å². The zero-order valence-corrected chi connectivity index (χ0v) is 11.1. The van der Waals surface area contributed by atoms with Gasteiger partial charge in [0.15, 0.2) is 0 Å². The minimum absolute atomic E-state index is 0.0108. The molecule has 0 bridgehead atoms. The van der Waals surface area contributed by atoms with E-state index in [-0.39, 0.29) is 17.2 Å². The number of aromatic nitrogens is 2. The number of hydrogen-bond acceptors (Lipinski definition) is 4. The molecule has 0 aliphatic carbocycles. The topological polar surface area (TPSA) is 101 Å². The number of carboxylic acid groups (broad SMARTS) is 1. The second-order valence-electron chi connectivity index (χ2n) is 4.36. The van der Waals surface area contributed by atoms with Gasteiger partial charge in [-0.1, -0.05) is 20.3 Å². The molecule has 104 valence electrons. The summed E-state index contributed by atoms with van der Waals surface area (Å²) in [5, 5.41) is 15.3. The molecule has 0 aliphatic rings. The van der Waals surface area contributed by atoms with Crippen LogP contribution in [-0.2, 0) is 11.8 Å². The van der Waals surface area contributed by atoms with Crippen molar-refractivity contribution in [1.82, 2.24) is 15.1 Å². The van der Waals surface area contributed by atoms with Gasteiger partial charge in [0, 0.05) is 13.1 Å². The Bertz CT molecular complexity index is 538. The maximum atomic E-state index is 11.9. The highest BCUT2D eigenvalue weighted by Crippen LogP contribution is 2.08. The van der Waals surface area contributed by atoms with E-state index in [4.69, 9.17) is 5.11 Å². The van der Waals surface area contributed by atoms with Gasteiger partial charge in [-0.15, -0.1) is 0 Å². The number of amides is 1. The molecule has 2 atom stereocenters. The summed E-state index contributed by atoms with van der Waals surface area (Å²) in [6, 6.07) is 1.50. The van der Waals surface area contributed by atoms with E-state index >= 15 is 0 Å². The zero-order valence-electron chi connectivity index (χ0n) is 11.1. The average Bonchev–Trinajstić information content (AvgIpc) is 2.37. The first-order valence-corrected chi connectivity index (χ1v) is 5.94. The Morgan fingerprint density at radius 2 is 2.11 bits per heavy atom. The molecular weight excluding hydrogens is 250 g/mol. The maximum Gasteiger partial charge on any atom is 0.326 e. The SMILES string of the molecule is CC[C@H](C)[C@H](NC(=O)c1ccc(=O)n(C)n1)C(=O)O. The Labute approximate surface area is 110 Å². The fourth-order valence-corrected chi connectivity index (χ4v) is 1.52. The molecule has 19 heavy (non-hydrogen) atoms. The van der Waals surface area contributed by atoms with Crippen molar-refractivity contribution in [1.29, 1.82) is 0 Å². The van der Waals surface area contributed by atoms with Crippen molar-refractivity contribution in [3.05, 3.63) is 28.2 Å². The van der Waals surface area contributed by atoms with Crippen LogP contribution in [0.15, 0.2) is 16.9 Å². The van der Waals surface area contributed by atoms with Gasteiger partial charge in [-0.25, -0.2) is 9.48 Å². The molecule has 1 amide bonds. The lowest BCUT2D eigenvalue weighted by atomic mass is 9.99. The normalized spacial score (nSPS) is 13.6. The van der Waals surface area contributed by atoms with Gasteiger partial charge >= 0.3 is 5.97 Å². The third-order valence-corrected chi connectivity index (χ3v) is 2.96. The number of nitrogens with zero attached hydrogens (tertiary/aromatic N) is 2. The van der Waals surface area contributed by atoms with Gasteiger partial charge in [-0.2, -0.15) is 5.10 Å². The van der Waals surface area contributed by atoms with Gasteiger partial charge in [0.25, 0.3) is 11.5 Å². The number of hydrogen-bond donors (Lipinski definition) is 2. The van der Waals surface area contributed by atoms with Crippen molar-refractivity contribution < 1.29 is 14.7 Å². The molecule has 0 radical (unpaired) electrons. The lowest BCUT2D eigenvalue weighted by Crippen LogP contribution is -2.45. The Hall–Kier alpha value is -2.18. The van der Waals surface area contributed by atoms with E-state index in [0.717, 1.165) is 4.68 Å². The predicted octanol–water partition coefficient (Wildman–Crippen LogP) is 0.00940. The first-order valence-electron chi connectivity index (χ1n) is 5.94. The monoisotopic (exact) mass is 267 g/mol. The third kappa shape index (κ3) is 3.64. The number of aryl methyl sites for hydroxylation is 1. The molecule has 0 saturated heterocycles. The number of carboxylic acids is 1. The summed E-state index contributed by atoms with van der Waals surface area (Å²) in [5.74, 6) is -1.90. The molecule has 1 heterocycles. The molecule has 1 aromatic heterocycles. The maximum absolute atomic E-state index is 11.9. The molecule has 7 nitrogen and oxygen atoms in total. The van der Waals surface area contributed by atoms with Crippen LogP contribution in [-0.4, -0.2) is 32.8 Å². The fourth-order valence-electron chi connectivity index (χ4n) is 1.52. The standard InChI is InChI=1S/C12H17N3O4/c1-4-7(2)10(12(18)19)13-11(17)8-5-6-9(16)15(3)14-8/h5-7,10H,4H2,1-3H3,(H,13,17)(H,18,19)/t7-,10-/m0/s1. The van der Waals surface area contributed by atoms with Crippen molar-refractivity contribution in [3.63, 3.8) is 0 Å². The summed E-state index contributed by atoms with van der Waals surface area (Å²) in [7, 11) is 1.42. The molecule has 0 fully saturated rings. The lowest BCUT2D eigenvalue weighted by Gasteiger charge is -2.19. The summed E-state index contributed by atoms with van der Waals surface area (Å²) in [6.45, 7) is 3.59. The quantitative estimate of drug-likeness (QED) is 0.782. The van der Waals surface area contributed by atoms with Gasteiger partial charge in [0.2, 0.25) is 0 Å². The largest absolute Gasteiger partial charge is 0.480 e. The van der Waals surface area contributed by atoms with E-state index < -0.39 is 17.9 Å². The van der Waals surface area contributed by atoms with Gasteiger partial charge < -0.3 is 10.4 Å². The summed E-state index contributed by atoms with van der Waals surface area (Å²) in [5.41, 5.74) is -0.329. The van der Waals surface area contributed by atoms with Crippen LogP contribution in [0.1, 0.15) is 30.8 Å². The predicted molar refractivity (Wildman–Crippen MR) is 67.8 cm³/mol. The molecule has 0 aliphatic heterocycles. The summed E-state index contributed by atoms with van der Waals surface area (Å²) < 4.78 is 1.02. The lowest BCUT2D eigenvalue weighted by molar-refractivity contribution is -0.140. The summed E-state index contributed by atoms with van der Waals surface area (Å²) in [6.07, 6.45) is 0.623. The average molecular weight is 267 g/mol. The minimum atomic E-state index is -1.09. The third-order valence-electron chi connectivity index (χ3n) is 2.96. The van der Waals surface area contributed by atoms with Crippen molar-refractivity contribution in [2.24, 2.45) is 13.0 Å². The van der Waals surface area contributed by atoms with Crippen molar-refractivity contribution in [3.8, 4) is 0 Å². The first kappa shape index (κ1) is 14.9. The zero-order chi connectivity index (χ0) is 14.6. The van der Waals surface area contributed by atoms with Crippen molar-refractivity contribution >= 4 is 11.9 Å². The smallest absolute Gasteiger partial charge is 0.326 e. The second kappa shape index (κ2) is 6.12. The number of aliphatic carboxylic acids is 1. The molecule has 0 aromatic carbocycles. The van der Waals surface area contributed by atoms with E-state index in [9.17, 15) is 14.4 Å². The Morgan fingerprint density at radius 3 is 2.58 bits per heavy atom. The summed E-state index contributed by atoms with van der Waals surface area (Å²) in [4.78, 5) is 34.1. The van der Waals surface area contributed by atoms with Crippen LogP contribution in [0.2, 0.25) is 0 Å². The molecule has 1 aromatic rings. The number of rotatable bonds is 5. The fraction of sp³-hybridized carbons (Fsp3) is 0.500. The van der Waals surface area contributed by atoms with E-state index in [0.29, 0.717) is 6.42 Å². The van der Waals surface area contributed by atoms with Crippen LogP contribution < -0.4 is 10.9 Å². The number of carbonyl (C=O) groups excluding carboxylic acids is 1. The number of carbonyl (C=O) groups is 2. The van der Waals surface area contributed by atoms with E-state index in [2.05, 4.69) is 10.4 Å². The Balaban J connectivity index is 2.90. The first-order chi connectivity index (χ1) is 8.86. The van der Waals surface area contributed by atoms with Gasteiger partial charge in [0.05, 0.1) is 0 Å². The number of nitrogens with one attached hydrogen (secondary N) is 1. The highest BCUT2D eigenvalue weighted by molar-refractivity contribution is 5.94. The summed E-state index contributed by atoms with van der Waals surface area (Å²) >= 11 is 0. The molecule has 7 heteroatoms. The van der Waals surface area contributed by atoms with Gasteiger partial charge in [-0.3, -0.25) is 9.59 Å². The molecule has 1 rings (SSSR count). The second-order valence-corrected chi connectivity index (χ2v) is 4.36. The molecule has 2 N–H and O–H groups in total. The van der Waals surface area contributed by atoms with Crippen LogP contribution in [0, 0.1) is 5.92 Å². The van der Waals surface area contributed by atoms with Crippen LogP contribution in [0.5, 0.6) is 0 Å². The van der Waals surface area contributed by atoms with Crippen molar-refractivity contribution in [2.75, 3.05) is 0 Å². The van der Waals surface area contributed by atoms with Crippen LogP contribution in [0.4, 0.5) is 0 Å². The van der Waals surface area contributed by atoms with Crippen LogP contribution in [0.25, 0.3) is 0 Å². The molecular formula is C12H17N3O4. The highest BCUT2D eigenvalue weighted by atomic mass is 16.4. The molecule has 0 saturated carbocycles. The van der Waals surface area contributed by atoms with E-state index in [1.807, 2.05) is 6.92 Å². The molecule has 0 unspecified atom stereocenters. The van der Waals surface area contributed by atoms with Crippen molar-refractivity contribution in [2.45, 2.75) is 26.3 Å². The van der Waals surface area contributed by atoms with E-state index in [1.54, 1.807) is 6.92 Å². The van der Waals surface area contributed by atoms with E-state index in [1.165, 1.54) is 19.2 Å². The van der Waals surface area contributed by atoms with Crippen LogP contribution >= 0.6 is 0 Å².